The lowest BCUT2D eigenvalue weighted by Gasteiger charge is -2.11. The molecule has 0 atom stereocenters. The van der Waals surface area contributed by atoms with Crippen molar-refractivity contribution in [2.45, 2.75) is 12.6 Å². The van der Waals surface area contributed by atoms with Gasteiger partial charge in [0, 0.05) is 47.4 Å². The fourth-order valence-corrected chi connectivity index (χ4v) is 3.72. The first-order chi connectivity index (χ1) is 18.2. The first-order valence-electron chi connectivity index (χ1n) is 11.0. The first kappa shape index (κ1) is 24.7. The molecule has 0 aliphatic rings. The summed E-state index contributed by atoms with van der Waals surface area (Å²) in [5, 5.41) is 8.28. The van der Waals surface area contributed by atoms with E-state index in [0.29, 0.717) is 18.0 Å². The zero-order valence-corrected chi connectivity index (χ0v) is 19.2. The summed E-state index contributed by atoms with van der Waals surface area (Å²) in [5.74, 6) is -2.31. The number of hydrogen-bond donors (Lipinski definition) is 3. The molecule has 192 valence electrons. The summed E-state index contributed by atoms with van der Waals surface area (Å²) >= 11 is 0. The third-order valence-corrected chi connectivity index (χ3v) is 5.53. The topological polar surface area (TPSA) is 99.7 Å². The van der Waals surface area contributed by atoms with Gasteiger partial charge in [-0.2, -0.15) is 18.3 Å². The number of carbonyl (C=O) groups excluding carboxylic acids is 1. The largest absolute Gasteiger partial charge is 0.417 e. The number of H-pyrrole nitrogens is 1. The van der Waals surface area contributed by atoms with Gasteiger partial charge in [0.1, 0.15) is 17.3 Å². The van der Waals surface area contributed by atoms with Gasteiger partial charge < -0.3 is 10.6 Å². The summed E-state index contributed by atoms with van der Waals surface area (Å²) in [6.07, 6.45) is 2.57. The molecule has 0 fully saturated rings. The van der Waals surface area contributed by atoms with Crippen molar-refractivity contribution < 1.29 is 31.3 Å². The van der Waals surface area contributed by atoms with Gasteiger partial charge in [-0.1, -0.05) is 4.52 Å². The van der Waals surface area contributed by atoms with Gasteiger partial charge in [0.2, 0.25) is 18.1 Å². The molecule has 5 rings (SSSR count). The average molecular weight is 526 g/mol. The molecule has 13 heteroatoms. The number of pyridine rings is 2. The lowest BCUT2D eigenvalue weighted by atomic mass is 10.0. The Bertz CT molecular complexity index is 1630. The van der Waals surface area contributed by atoms with Crippen molar-refractivity contribution in [3.05, 3.63) is 96.3 Å². The number of fused-ring (bicyclic) bond motifs is 1. The van der Waals surface area contributed by atoms with Crippen LogP contribution in [0.2, 0.25) is 0 Å². The third kappa shape index (κ3) is 5.26. The SMILES string of the molecule is O=C(Cc1cc(F)c(-c2cnc(Nc3c[nH][n+]4ccccc34)nc2)cc1F)Nc1cncc(C(F)(F)F)c1. The number of halogens is 5. The maximum Gasteiger partial charge on any atom is 0.417 e. The van der Waals surface area contributed by atoms with E-state index in [2.05, 4.69) is 30.7 Å². The van der Waals surface area contributed by atoms with E-state index in [4.69, 9.17) is 0 Å². The zero-order chi connectivity index (χ0) is 26.9. The second-order valence-electron chi connectivity index (χ2n) is 8.17. The van der Waals surface area contributed by atoms with Crippen LogP contribution in [0.15, 0.2) is 73.6 Å². The minimum Gasteiger partial charge on any atom is -0.324 e. The highest BCUT2D eigenvalue weighted by Crippen LogP contribution is 2.30. The number of carbonyl (C=O) groups is 1. The maximum absolute atomic E-state index is 14.8. The molecule has 0 saturated carbocycles. The van der Waals surface area contributed by atoms with Crippen molar-refractivity contribution >= 4 is 28.7 Å². The van der Waals surface area contributed by atoms with Crippen LogP contribution < -0.4 is 15.1 Å². The molecule has 8 nitrogen and oxygen atoms in total. The molecule has 4 aromatic heterocycles. The van der Waals surface area contributed by atoms with E-state index in [1.165, 1.54) is 12.4 Å². The van der Waals surface area contributed by atoms with E-state index in [1.807, 2.05) is 24.4 Å². The standard InChI is InChI=1S/C25H16F5N7O/c26-19-8-18(15-9-32-24(33-10-15)36-21-13-34-37-4-2-1-3-22(21)37)20(27)5-14(19)6-23(38)35-17-7-16(11-31-12-17)25(28,29)30/h1-5,7-13H,6H2,(H2,32,33,35,36,38)/p+1. The number of aromatic amines is 1. The fraction of sp³-hybridized carbons (Fsp3) is 0.0800. The summed E-state index contributed by atoms with van der Waals surface area (Å²) in [6.45, 7) is 0. The Morgan fingerprint density at radius 3 is 2.55 bits per heavy atom. The van der Waals surface area contributed by atoms with Crippen LogP contribution in [-0.2, 0) is 17.4 Å². The summed E-state index contributed by atoms with van der Waals surface area (Å²) in [7, 11) is 0. The first-order valence-corrected chi connectivity index (χ1v) is 11.0. The van der Waals surface area contributed by atoms with Gasteiger partial charge in [-0.3, -0.25) is 9.78 Å². The molecule has 0 unspecified atom stereocenters. The molecule has 0 saturated heterocycles. The Balaban J connectivity index is 1.29. The molecule has 0 radical (unpaired) electrons. The van der Waals surface area contributed by atoms with E-state index in [-0.39, 0.29) is 28.3 Å². The van der Waals surface area contributed by atoms with Crippen LogP contribution in [0.25, 0.3) is 16.6 Å². The normalized spacial score (nSPS) is 11.5. The van der Waals surface area contributed by atoms with Gasteiger partial charge in [-0.15, -0.1) is 0 Å². The highest BCUT2D eigenvalue weighted by atomic mass is 19.4. The third-order valence-electron chi connectivity index (χ3n) is 5.53. The van der Waals surface area contributed by atoms with Crippen LogP contribution in [-0.4, -0.2) is 26.0 Å². The number of rotatable bonds is 6. The van der Waals surface area contributed by atoms with Gasteiger partial charge in [-0.25, -0.2) is 18.7 Å². The lowest BCUT2D eigenvalue weighted by molar-refractivity contribution is -0.576. The molecule has 38 heavy (non-hydrogen) atoms. The Kier molecular flexibility index (Phi) is 6.41. The van der Waals surface area contributed by atoms with Crippen molar-refractivity contribution in [2.75, 3.05) is 10.6 Å². The Morgan fingerprint density at radius 2 is 1.79 bits per heavy atom. The fourth-order valence-electron chi connectivity index (χ4n) is 3.72. The van der Waals surface area contributed by atoms with Crippen molar-refractivity contribution in [3.8, 4) is 11.1 Å². The number of benzene rings is 1. The zero-order valence-electron chi connectivity index (χ0n) is 19.2. The average Bonchev–Trinajstić information content (AvgIpc) is 3.29. The van der Waals surface area contributed by atoms with Gasteiger partial charge in [-0.05, 0) is 24.3 Å². The van der Waals surface area contributed by atoms with Crippen molar-refractivity contribution in [1.82, 2.24) is 20.1 Å². The summed E-state index contributed by atoms with van der Waals surface area (Å²) in [5.41, 5.74) is 0.0744. The Labute approximate surface area is 211 Å². The van der Waals surface area contributed by atoms with Crippen molar-refractivity contribution in [2.24, 2.45) is 0 Å². The van der Waals surface area contributed by atoms with Crippen LogP contribution in [0, 0.1) is 11.6 Å². The molecular weight excluding hydrogens is 509 g/mol. The van der Waals surface area contributed by atoms with Crippen LogP contribution >= 0.6 is 0 Å². The van der Waals surface area contributed by atoms with Gasteiger partial charge in [0.05, 0.1) is 30.1 Å². The highest BCUT2D eigenvalue weighted by molar-refractivity contribution is 5.92. The second kappa shape index (κ2) is 9.84. The van der Waals surface area contributed by atoms with Crippen LogP contribution in [0.3, 0.4) is 0 Å². The number of aromatic nitrogens is 5. The number of amides is 1. The molecule has 1 amide bonds. The van der Waals surface area contributed by atoms with Crippen LogP contribution in [0.1, 0.15) is 11.1 Å². The molecule has 5 aromatic rings. The summed E-state index contributed by atoms with van der Waals surface area (Å²) in [4.78, 5) is 24.0. The predicted octanol–water partition coefficient (Wildman–Crippen LogP) is 4.83. The van der Waals surface area contributed by atoms with Gasteiger partial charge >= 0.3 is 6.18 Å². The molecule has 3 N–H and O–H groups in total. The minimum absolute atomic E-state index is 0.122. The number of nitrogens with zero attached hydrogens (tertiary/aromatic N) is 4. The van der Waals surface area contributed by atoms with Gasteiger partial charge in [0.15, 0.2) is 0 Å². The van der Waals surface area contributed by atoms with E-state index in [1.54, 1.807) is 10.7 Å². The molecule has 1 aromatic carbocycles. The molecule has 0 aliphatic heterocycles. The number of hydrogen-bond acceptors (Lipinski definition) is 5. The smallest absolute Gasteiger partial charge is 0.324 e. The lowest BCUT2D eigenvalue weighted by Crippen LogP contribution is -2.21. The van der Waals surface area contributed by atoms with Crippen LogP contribution in [0.5, 0.6) is 0 Å². The van der Waals surface area contributed by atoms with Crippen molar-refractivity contribution in [1.29, 1.82) is 0 Å². The van der Waals surface area contributed by atoms with Crippen LogP contribution in [0.4, 0.5) is 39.3 Å². The van der Waals surface area contributed by atoms with Gasteiger partial charge in [0.25, 0.3) is 5.52 Å². The summed E-state index contributed by atoms with van der Waals surface area (Å²) < 4.78 is 69.9. The van der Waals surface area contributed by atoms with E-state index < -0.39 is 35.7 Å². The number of nitrogens with one attached hydrogen (secondary N) is 3. The molecule has 0 spiro atoms. The van der Waals surface area contributed by atoms with E-state index in [0.717, 1.165) is 23.8 Å². The quantitative estimate of drug-likeness (QED) is 0.218. The Morgan fingerprint density at radius 1 is 1.00 bits per heavy atom. The predicted molar refractivity (Wildman–Crippen MR) is 126 cm³/mol. The molecule has 0 aliphatic carbocycles. The van der Waals surface area contributed by atoms with Crippen molar-refractivity contribution in [3.63, 3.8) is 0 Å². The molecule has 4 heterocycles. The Hall–Kier alpha value is -4.94. The van der Waals surface area contributed by atoms with E-state index >= 15 is 0 Å². The molecular formula is C25H17F5N7O+. The molecule has 0 bridgehead atoms. The maximum atomic E-state index is 14.8. The monoisotopic (exact) mass is 526 g/mol. The number of anilines is 3. The highest BCUT2D eigenvalue weighted by Gasteiger charge is 2.31. The second-order valence-corrected chi connectivity index (χ2v) is 8.17. The summed E-state index contributed by atoms with van der Waals surface area (Å²) in [6, 6.07) is 8.06. The minimum atomic E-state index is -4.65. The number of alkyl halides is 3. The van der Waals surface area contributed by atoms with E-state index in [9.17, 15) is 26.7 Å².